The van der Waals surface area contributed by atoms with Crippen molar-refractivity contribution in [2.45, 2.75) is 46.0 Å². The lowest BCUT2D eigenvalue weighted by molar-refractivity contribution is 0.551. The van der Waals surface area contributed by atoms with Gasteiger partial charge in [0.15, 0.2) is 0 Å². The normalized spacial score (nSPS) is 12.3. The first kappa shape index (κ1) is 12.8. The van der Waals surface area contributed by atoms with E-state index in [1.165, 1.54) is 0 Å². The molecule has 0 saturated heterocycles. The molecule has 0 bridgehead atoms. The molecule has 3 nitrogen and oxygen atoms in total. The summed E-state index contributed by atoms with van der Waals surface area (Å²) < 4.78 is 1.63. The minimum Gasteiger partial charge on any atom is -0.269 e. The molecule has 2 heterocycles. The summed E-state index contributed by atoms with van der Waals surface area (Å²) in [5, 5.41) is 0. The maximum Gasteiger partial charge on any atom is 0.261 e. The van der Waals surface area contributed by atoms with Gasteiger partial charge in [0.1, 0.15) is 5.65 Å². The monoisotopic (exact) mass is 244 g/mol. The highest BCUT2D eigenvalue weighted by Crippen LogP contribution is 2.26. The molecule has 0 atom stereocenters. The first-order valence-corrected chi connectivity index (χ1v) is 6.34. The van der Waals surface area contributed by atoms with E-state index in [4.69, 9.17) is 4.98 Å². The largest absolute Gasteiger partial charge is 0.269 e. The predicted molar refractivity (Wildman–Crippen MR) is 74.3 cm³/mol. The zero-order valence-corrected chi connectivity index (χ0v) is 11.7. The van der Waals surface area contributed by atoms with Crippen LogP contribution in [0.4, 0.5) is 0 Å². The van der Waals surface area contributed by atoms with Gasteiger partial charge in [-0.15, -0.1) is 0 Å². The summed E-state index contributed by atoms with van der Waals surface area (Å²) in [6, 6.07) is 5.64. The van der Waals surface area contributed by atoms with Gasteiger partial charge < -0.3 is 0 Å². The molecule has 2 aromatic heterocycles. The van der Waals surface area contributed by atoms with Crippen LogP contribution in [0.1, 0.15) is 51.8 Å². The van der Waals surface area contributed by atoms with Crippen LogP contribution in [0, 0.1) is 0 Å². The molecule has 0 amide bonds. The summed E-state index contributed by atoms with van der Waals surface area (Å²) in [5.74, 6) is 0.177. The minimum atomic E-state index is -0.122. The molecule has 0 aliphatic heterocycles. The quantitative estimate of drug-likeness (QED) is 0.772. The maximum absolute atomic E-state index is 12.6. The second-order valence-corrected chi connectivity index (χ2v) is 6.01. The van der Waals surface area contributed by atoms with Crippen LogP contribution in [-0.2, 0) is 5.41 Å². The van der Waals surface area contributed by atoms with Crippen molar-refractivity contribution in [1.82, 2.24) is 9.38 Å². The Morgan fingerprint density at radius 1 is 1.22 bits per heavy atom. The zero-order chi connectivity index (χ0) is 13.5. The van der Waals surface area contributed by atoms with Gasteiger partial charge >= 0.3 is 0 Å². The summed E-state index contributed by atoms with van der Waals surface area (Å²) in [5.41, 5.74) is 2.39. The average Bonchev–Trinajstić information content (AvgIpc) is 2.27. The summed E-state index contributed by atoms with van der Waals surface area (Å²) in [6.07, 6.45) is 1.78. The third kappa shape index (κ3) is 2.05. The molecule has 0 radical (unpaired) electrons. The van der Waals surface area contributed by atoms with Crippen molar-refractivity contribution in [2.75, 3.05) is 0 Å². The highest BCUT2D eigenvalue weighted by atomic mass is 16.1. The summed E-state index contributed by atoms with van der Waals surface area (Å²) >= 11 is 0. The van der Waals surface area contributed by atoms with E-state index in [0.29, 0.717) is 0 Å². The number of nitrogens with zero attached hydrogens (tertiary/aromatic N) is 2. The molecule has 0 saturated carbocycles. The van der Waals surface area contributed by atoms with Gasteiger partial charge in [-0.1, -0.05) is 40.7 Å². The van der Waals surface area contributed by atoms with Gasteiger partial charge in [-0.25, -0.2) is 4.98 Å². The van der Waals surface area contributed by atoms with Gasteiger partial charge in [0, 0.05) is 17.2 Å². The molecule has 0 spiro atoms. The lowest BCUT2D eigenvalue weighted by atomic mass is 9.85. The van der Waals surface area contributed by atoms with E-state index in [1.54, 1.807) is 10.6 Å². The molecule has 96 valence electrons. The van der Waals surface area contributed by atoms with Gasteiger partial charge in [-0.05, 0) is 18.1 Å². The van der Waals surface area contributed by atoms with Gasteiger partial charge in [0.05, 0.1) is 5.69 Å². The van der Waals surface area contributed by atoms with Crippen molar-refractivity contribution >= 4 is 5.65 Å². The number of fused-ring (bicyclic) bond motifs is 1. The Labute approximate surface area is 107 Å². The highest BCUT2D eigenvalue weighted by Gasteiger charge is 2.24. The number of hydrogen-bond donors (Lipinski definition) is 0. The van der Waals surface area contributed by atoms with E-state index < -0.39 is 0 Å². The van der Waals surface area contributed by atoms with E-state index in [0.717, 1.165) is 16.9 Å². The van der Waals surface area contributed by atoms with Gasteiger partial charge in [-0.2, -0.15) is 0 Å². The topological polar surface area (TPSA) is 34.4 Å². The molecule has 0 N–H and O–H groups in total. The first-order chi connectivity index (χ1) is 8.32. The van der Waals surface area contributed by atoms with Gasteiger partial charge in [0.2, 0.25) is 0 Å². The summed E-state index contributed by atoms with van der Waals surface area (Å²) in [4.78, 5) is 17.3. The van der Waals surface area contributed by atoms with Crippen molar-refractivity contribution in [3.05, 3.63) is 46.0 Å². The number of pyridine rings is 1. The fraction of sp³-hybridized carbons (Fsp3) is 0.467. The van der Waals surface area contributed by atoms with E-state index in [-0.39, 0.29) is 16.9 Å². The second-order valence-electron chi connectivity index (χ2n) is 6.01. The SMILES string of the molecule is CC(C)c1c(C(C)(C)C)nc2ccccn2c1=O. The van der Waals surface area contributed by atoms with Crippen LogP contribution in [0.3, 0.4) is 0 Å². The molecule has 0 aromatic carbocycles. The Morgan fingerprint density at radius 2 is 1.89 bits per heavy atom. The number of rotatable bonds is 1. The Balaban J connectivity index is 2.93. The third-order valence-electron chi connectivity index (χ3n) is 3.06. The molecule has 0 aliphatic rings. The Morgan fingerprint density at radius 3 is 2.44 bits per heavy atom. The molecule has 2 aromatic rings. The fourth-order valence-corrected chi connectivity index (χ4v) is 2.19. The molecule has 0 unspecified atom stereocenters. The predicted octanol–water partition coefficient (Wildman–Crippen LogP) is 3.12. The Kier molecular flexibility index (Phi) is 3.01. The minimum absolute atomic E-state index is 0.0560. The van der Waals surface area contributed by atoms with E-state index >= 15 is 0 Å². The molecule has 3 heteroatoms. The van der Waals surface area contributed by atoms with E-state index in [2.05, 4.69) is 20.8 Å². The average molecular weight is 244 g/mol. The molecule has 0 fully saturated rings. The summed E-state index contributed by atoms with van der Waals surface area (Å²) in [6.45, 7) is 10.4. The lowest BCUT2D eigenvalue weighted by Crippen LogP contribution is -2.28. The van der Waals surface area contributed by atoms with Crippen LogP contribution in [0.2, 0.25) is 0 Å². The van der Waals surface area contributed by atoms with Crippen LogP contribution in [0.25, 0.3) is 5.65 Å². The van der Waals surface area contributed by atoms with Gasteiger partial charge in [-0.3, -0.25) is 9.20 Å². The Bertz CT molecular complexity index is 633. The molecule has 0 aliphatic carbocycles. The number of aromatic nitrogens is 2. The van der Waals surface area contributed by atoms with Crippen LogP contribution in [0.15, 0.2) is 29.2 Å². The second kappa shape index (κ2) is 4.23. The van der Waals surface area contributed by atoms with Crippen LogP contribution in [-0.4, -0.2) is 9.38 Å². The zero-order valence-electron chi connectivity index (χ0n) is 11.7. The van der Waals surface area contributed by atoms with Crippen LogP contribution >= 0.6 is 0 Å². The third-order valence-corrected chi connectivity index (χ3v) is 3.06. The summed E-state index contributed by atoms with van der Waals surface area (Å²) in [7, 11) is 0. The van der Waals surface area contributed by atoms with Crippen molar-refractivity contribution in [2.24, 2.45) is 0 Å². The molecular weight excluding hydrogens is 224 g/mol. The molecular formula is C15H20N2O. The highest BCUT2D eigenvalue weighted by molar-refractivity contribution is 5.42. The maximum atomic E-state index is 12.6. The van der Waals surface area contributed by atoms with E-state index in [1.807, 2.05) is 32.0 Å². The smallest absolute Gasteiger partial charge is 0.261 e. The number of hydrogen-bond acceptors (Lipinski definition) is 2. The standard InChI is InChI=1S/C15H20N2O/c1-10(2)12-13(15(3,4)5)16-11-8-6-7-9-17(11)14(12)18/h6-10H,1-5H3. The lowest BCUT2D eigenvalue weighted by Gasteiger charge is -2.23. The van der Waals surface area contributed by atoms with Gasteiger partial charge in [0.25, 0.3) is 5.56 Å². The van der Waals surface area contributed by atoms with Crippen molar-refractivity contribution in [1.29, 1.82) is 0 Å². The molecule has 18 heavy (non-hydrogen) atoms. The van der Waals surface area contributed by atoms with Crippen molar-refractivity contribution < 1.29 is 0 Å². The van der Waals surface area contributed by atoms with Crippen LogP contribution in [0.5, 0.6) is 0 Å². The first-order valence-electron chi connectivity index (χ1n) is 6.34. The van der Waals surface area contributed by atoms with E-state index in [9.17, 15) is 4.79 Å². The van der Waals surface area contributed by atoms with Crippen LogP contribution < -0.4 is 5.56 Å². The fourth-order valence-electron chi connectivity index (χ4n) is 2.19. The molecule has 2 rings (SSSR count). The van der Waals surface area contributed by atoms with Crippen molar-refractivity contribution in [3.63, 3.8) is 0 Å². The Hall–Kier alpha value is -1.64. The van der Waals surface area contributed by atoms with Crippen molar-refractivity contribution in [3.8, 4) is 0 Å².